The molecule has 1 aliphatic carbocycles. The van der Waals surface area contributed by atoms with Crippen LogP contribution < -0.4 is 5.32 Å². The van der Waals surface area contributed by atoms with E-state index < -0.39 is 23.6 Å². The van der Waals surface area contributed by atoms with Crippen molar-refractivity contribution in [1.29, 1.82) is 0 Å². The highest BCUT2D eigenvalue weighted by molar-refractivity contribution is 5.90. The molecule has 176 valence electrons. The molecule has 9 nitrogen and oxygen atoms in total. The third-order valence-corrected chi connectivity index (χ3v) is 6.10. The summed E-state index contributed by atoms with van der Waals surface area (Å²) in [5, 5.41) is 21.7. The molecule has 4 rings (SSSR count). The lowest BCUT2D eigenvalue weighted by Crippen LogP contribution is -2.50. The van der Waals surface area contributed by atoms with Gasteiger partial charge in [0.15, 0.2) is 0 Å². The van der Waals surface area contributed by atoms with E-state index in [4.69, 9.17) is 0 Å². The monoisotopic (exact) mass is 452 g/mol. The number of nitrogens with zero attached hydrogens (tertiary/aromatic N) is 5. The summed E-state index contributed by atoms with van der Waals surface area (Å²) in [5.41, 5.74) is 1.39. The van der Waals surface area contributed by atoms with Crippen LogP contribution in [0, 0.1) is 5.41 Å². The largest absolute Gasteiger partial charge is 0.391 e. The van der Waals surface area contributed by atoms with E-state index in [1.807, 2.05) is 51.3 Å². The first-order valence-corrected chi connectivity index (χ1v) is 11.5. The van der Waals surface area contributed by atoms with Gasteiger partial charge in [-0.25, -0.2) is 4.68 Å². The molecule has 1 aliphatic heterocycles. The van der Waals surface area contributed by atoms with E-state index >= 15 is 0 Å². The number of aliphatic hydroxyl groups is 1. The number of carbonyl (C=O) groups is 2. The molecule has 9 heteroatoms. The van der Waals surface area contributed by atoms with E-state index in [2.05, 4.69) is 20.6 Å². The number of amides is 2. The van der Waals surface area contributed by atoms with Crippen molar-refractivity contribution in [3.63, 3.8) is 0 Å². The van der Waals surface area contributed by atoms with Crippen molar-refractivity contribution in [2.24, 2.45) is 5.41 Å². The molecule has 1 saturated heterocycles. The standard InChI is InChI=1S/C24H32N6O3/c1-24(2,3)21(30-15-19(27-28-30)17-8-9-17)23(33)29-14-18(31)12-20(29)22(32)26-11-5-7-16-6-4-10-25-13-16/h4-7,10,13,15,17-18,20-21,31H,8-9,11-12,14H2,1-3H3,(H,26,32)/t18?,20?,21-/m1/s1. The van der Waals surface area contributed by atoms with Gasteiger partial charge < -0.3 is 15.3 Å². The van der Waals surface area contributed by atoms with Gasteiger partial charge in [-0.1, -0.05) is 44.2 Å². The Balaban J connectivity index is 1.45. The fraction of sp³-hybridized carbons (Fsp3) is 0.542. The zero-order valence-corrected chi connectivity index (χ0v) is 19.4. The van der Waals surface area contributed by atoms with Crippen LogP contribution in [0.3, 0.4) is 0 Å². The fourth-order valence-electron chi connectivity index (χ4n) is 4.27. The summed E-state index contributed by atoms with van der Waals surface area (Å²) in [6, 6.07) is 2.42. The molecule has 33 heavy (non-hydrogen) atoms. The van der Waals surface area contributed by atoms with E-state index in [0.29, 0.717) is 12.5 Å². The Morgan fingerprint density at radius 3 is 2.79 bits per heavy atom. The zero-order chi connectivity index (χ0) is 23.6. The Labute approximate surface area is 193 Å². The van der Waals surface area contributed by atoms with Crippen molar-refractivity contribution >= 4 is 17.9 Å². The van der Waals surface area contributed by atoms with Crippen molar-refractivity contribution in [2.75, 3.05) is 13.1 Å². The number of aliphatic hydroxyl groups excluding tert-OH is 1. The maximum absolute atomic E-state index is 13.7. The summed E-state index contributed by atoms with van der Waals surface area (Å²) in [6.07, 6.45) is 10.7. The van der Waals surface area contributed by atoms with Crippen LogP contribution in [0.1, 0.15) is 63.3 Å². The van der Waals surface area contributed by atoms with Gasteiger partial charge in [-0.2, -0.15) is 0 Å². The first-order valence-electron chi connectivity index (χ1n) is 11.5. The summed E-state index contributed by atoms with van der Waals surface area (Å²) in [5.74, 6) is -0.0701. The van der Waals surface area contributed by atoms with Gasteiger partial charge in [-0.05, 0) is 29.9 Å². The van der Waals surface area contributed by atoms with Crippen LogP contribution in [0.4, 0.5) is 0 Å². The average Bonchev–Trinajstić information content (AvgIpc) is 3.38. The highest BCUT2D eigenvalue weighted by Crippen LogP contribution is 2.40. The number of β-amino-alcohol motifs (C(OH)–C–C–N with tert-alkyl or cyclic N) is 1. The number of hydrogen-bond donors (Lipinski definition) is 2. The van der Waals surface area contributed by atoms with Gasteiger partial charge in [0.25, 0.3) is 0 Å². The summed E-state index contributed by atoms with van der Waals surface area (Å²) >= 11 is 0. The van der Waals surface area contributed by atoms with Crippen LogP contribution in [0.15, 0.2) is 36.8 Å². The lowest BCUT2D eigenvalue weighted by Gasteiger charge is -2.34. The minimum atomic E-state index is -0.742. The molecular weight excluding hydrogens is 420 g/mol. The van der Waals surface area contributed by atoms with E-state index in [9.17, 15) is 14.7 Å². The van der Waals surface area contributed by atoms with Crippen LogP contribution in [0.5, 0.6) is 0 Å². The molecule has 2 unspecified atom stereocenters. The van der Waals surface area contributed by atoms with E-state index in [1.54, 1.807) is 17.1 Å². The van der Waals surface area contributed by atoms with E-state index in [1.165, 1.54) is 4.90 Å². The van der Waals surface area contributed by atoms with Gasteiger partial charge in [0.1, 0.15) is 12.1 Å². The fourth-order valence-corrected chi connectivity index (χ4v) is 4.27. The third-order valence-electron chi connectivity index (χ3n) is 6.10. The molecule has 2 aliphatic rings. The second-order valence-electron chi connectivity index (χ2n) is 10.00. The number of rotatable bonds is 7. The second kappa shape index (κ2) is 9.43. The molecular formula is C24H32N6O3. The smallest absolute Gasteiger partial charge is 0.248 e. The SMILES string of the molecule is CC(C)(C)[C@@H](C(=O)N1CC(O)CC1C(=O)NCC=Cc1cccnc1)n1cc(C2CC2)nn1. The van der Waals surface area contributed by atoms with Gasteiger partial charge in [0.2, 0.25) is 11.8 Å². The number of likely N-dealkylation sites (tertiary alicyclic amines) is 1. The Hall–Kier alpha value is -3.07. The van der Waals surface area contributed by atoms with E-state index in [0.717, 1.165) is 24.1 Å². The molecule has 3 atom stereocenters. The minimum absolute atomic E-state index is 0.124. The van der Waals surface area contributed by atoms with Gasteiger partial charge >= 0.3 is 0 Å². The van der Waals surface area contributed by atoms with Crippen molar-refractivity contribution < 1.29 is 14.7 Å². The lowest BCUT2D eigenvalue weighted by atomic mass is 9.85. The molecule has 2 aromatic rings. The molecule has 2 N–H and O–H groups in total. The van der Waals surface area contributed by atoms with Crippen molar-refractivity contribution in [3.05, 3.63) is 48.1 Å². The predicted molar refractivity (Wildman–Crippen MR) is 123 cm³/mol. The highest BCUT2D eigenvalue weighted by Gasteiger charge is 2.45. The highest BCUT2D eigenvalue weighted by atomic mass is 16.3. The number of pyridine rings is 1. The first kappa shape index (κ1) is 23.1. The first-order chi connectivity index (χ1) is 15.7. The van der Waals surface area contributed by atoms with Crippen LogP contribution in [-0.2, 0) is 9.59 Å². The zero-order valence-electron chi connectivity index (χ0n) is 19.4. The number of hydrogen-bond acceptors (Lipinski definition) is 6. The Morgan fingerprint density at radius 1 is 1.33 bits per heavy atom. The van der Waals surface area contributed by atoms with Crippen molar-refractivity contribution in [1.82, 2.24) is 30.2 Å². The van der Waals surface area contributed by atoms with E-state index in [-0.39, 0.29) is 24.8 Å². The molecule has 0 bridgehead atoms. The van der Waals surface area contributed by atoms with Gasteiger partial charge in [0.05, 0.1) is 11.8 Å². The van der Waals surface area contributed by atoms with Crippen molar-refractivity contribution in [3.8, 4) is 0 Å². The van der Waals surface area contributed by atoms with Crippen molar-refractivity contribution in [2.45, 2.75) is 64.1 Å². The van der Waals surface area contributed by atoms with Gasteiger partial charge in [-0.15, -0.1) is 5.10 Å². The molecule has 0 radical (unpaired) electrons. The average molecular weight is 453 g/mol. The van der Waals surface area contributed by atoms with Gasteiger partial charge in [-0.3, -0.25) is 14.6 Å². The molecule has 2 amide bonds. The number of carbonyl (C=O) groups excluding carboxylic acids is 2. The van der Waals surface area contributed by atoms with Crippen LogP contribution in [0.2, 0.25) is 0 Å². The topological polar surface area (TPSA) is 113 Å². The van der Waals surface area contributed by atoms with Gasteiger partial charge in [0, 0.05) is 44.0 Å². The van der Waals surface area contributed by atoms with Crippen LogP contribution in [0.25, 0.3) is 6.08 Å². The third kappa shape index (κ3) is 5.47. The van der Waals surface area contributed by atoms with Crippen LogP contribution in [-0.4, -0.2) is 67.0 Å². The normalized spacial score (nSPS) is 22.0. The summed E-state index contributed by atoms with van der Waals surface area (Å²) in [6.45, 7) is 6.36. The number of nitrogens with one attached hydrogen (secondary N) is 1. The Kier molecular flexibility index (Phi) is 6.60. The summed E-state index contributed by atoms with van der Waals surface area (Å²) < 4.78 is 1.63. The Morgan fingerprint density at radius 2 is 2.12 bits per heavy atom. The van der Waals surface area contributed by atoms with Crippen LogP contribution >= 0.6 is 0 Å². The molecule has 0 aromatic carbocycles. The predicted octanol–water partition coefficient (Wildman–Crippen LogP) is 1.93. The Bertz CT molecular complexity index is 1010. The minimum Gasteiger partial charge on any atom is -0.391 e. The maximum atomic E-state index is 13.7. The number of aromatic nitrogens is 4. The summed E-state index contributed by atoms with van der Waals surface area (Å²) in [7, 11) is 0. The second-order valence-corrected chi connectivity index (χ2v) is 10.00. The molecule has 3 heterocycles. The molecule has 0 spiro atoms. The summed E-state index contributed by atoms with van der Waals surface area (Å²) in [4.78, 5) is 32.2. The molecule has 2 fully saturated rings. The quantitative estimate of drug-likeness (QED) is 0.664. The molecule has 1 saturated carbocycles. The molecule has 2 aromatic heterocycles. The lowest BCUT2D eigenvalue weighted by molar-refractivity contribution is -0.144. The maximum Gasteiger partial charge on any atom is 0.248 e.